The molecule has 1 saturated heterocycles. The fourth-order valence-corrected chi connectivity index (χ4v) is 5.30. The van der Waals surface area contributed by atoms with E-state index in [4.69, 9.17) is 11.6 Å². The second-order valence-electron chi connectivity index (χ2n) is 6.83. The maximum atomic E-state index is 15.0. The van der Waals surface area contributed by atoms with E-state index in [9.17, 15) is 9.18 Å². The van der Waals surface area contributed by atoms with Crippen molar-refractivity contribution in [3.05, 3.63) is 26.9 Å². The smallest absolute Gasteiger partial charge is 0.349 e. The molecule has 2 aliphatic heterocycles. The topological polar surface area (TPSA) is 41.4 Å². The molecule has 134 valence electrons. The van der Waals surface area contributed by atoms with Crippen LogP contribution in [0.25, 0.3) is 10.9 Å². The Hall–Kier alpha value is -1.31. The molecule has 5 nitrogen and oxygen atoms in total. The zero-order valence-electron chi connectivity index (χ0n) is 14.5. The Morgan fingerprint density at radius 2 is 2.08 bits per heavy atom. The summed E-state index contributed by atoms with van der Waals surface area (Å²) in [7, 11) is 3.75. The number of nitrogens with zero attached hydrogens (tertiary/aromatic N) is 4. The monoisotopic (exact) mass is 382 g/mol. The predicted octanol–water partition coefficient (Wildman–Crippen LogP) is 2.65. The Bertz CT molecular complexity index is 931. The molecule has 2 aromatic rings. The number of anilines is 1. The molecule has 1 aromatic heterocycles. The van der Waals surface area contributed by atoms with E-state index >= 15 is 0 Å². The predicted molar refractivity (Wildman–Crippen MR) is 101 cm³/mol. The molecule has 1 fully saturated rings. The molecule has 1 unspecified atom stereocenters. The minimum atomic E-state index is -0.357. The summed E-state index contributed by atoms with van der Waals surface area (Å²) in [4.78, 5) is 21.8. The van der Waals surface area contributed by atoms with Gasteiger partial charge in [0, 0.05) is 44.0 Å². The lowest BCUT2D eigenvalue weighted by molar-refractivity contribution is 0.263. The third-order valence-electron chi connectivity index (χ3n) is 5.23. The molecular weight excluding hydrogens is 363 g/mol. The van der Waals surface area contributed by atoms with Gasteiger partial charge in [-0.3, -0.25) is 4.57 Å². The van der Waals surface area contributed by atoms with Crippen molar-refractivity contribution in [3.63, 3.8) is 0 Å². The number of piperazine rings is 1. The van der Waals surface area contributed by atoms with E-state index in [2.05, 4.69) is 21.8 Å². The molecular formula is C17H20ClFN4OS. The number of hydrogen-bond donors (Lipinski definition) is 0. The van der Waals surface area contributed by atoms with Gasteiger partial charge in [0.05, 0.1) is 20.8 Å². The first-order valence-electron chi connectivity index (χ1n) is 8.36. The van der Waals surface area contributed by atoms with Crippen LogP contribution >= 0.6 is 23.4 Å². The second-order valence-corrected chi connectivity index (χ2v) is 8.31. The van der Waals surface area contributed by atoms with Crippen molar-refractivity contribution < 1.29 is 4.39 Å². The molecule has 25 heavy (non-hydrogen) atoms. The fraction of sp³-hybridized carbons (Fsp3) is 0.529. The average molecular weight is 383 g/mol. The molecule has 0 amide bonds. The van der Waals surface area contributed by atoms with E-state index in [1.54, 1.807) is 14.0 Å². The van der Waals surface area contributed by atoms with Gasteiger partial charge in [0.25, 0.3) is 0 Å². The number of hydrogen-bond acceptors (Lipinski definition) is 5. The van der Waals surface area contributed by atoms with Crippen LogP contribution in [0.2, 0.25) is 5.02 Å². The average Bonchev–Trinajstić information content (AvgIpc) is 2.57. The van der Waals surface area contributed by atoms with Crippen LogP contribution in [-0.4, -0.2) is 52.9 Å². The lowest BCUT2D eigenvalue weighted by Crippen LogP contribution is -2.53. The first-order chi connectivity index (χ1) is 11.9. The van der Waals surface area contributed by atoms with Crippen molar-refractivity contribution in [1.82, 2.24) is 14.5 Å². The quantitative estimate of drug-likeness (QED) is 0.700. The van der Waals surface area contributed by atoms with Crippen molar-refractivity contribution in [2.45, 2.75) is 24.3 Å². The van der Waals surface area contributed by atoms with Gasteiger partial charge in [-0.25, -0.2) is 9.18 Å². The molecule has 0 spiro atoms. The zero-order valence-corrected chi connectivity index (χ0v) is 16.0. The molecule has 0 saturated carbocycles. The molecule has 1 aromatic carbocycles. The molecule has 8 heteroatoms. The maximum Gasteiger partial charge on any atom is 0.349 e. The number of thioether (sulfide) groups is 1. The van der Waals surface area contributed by atoms with Gasteiger partial charge in [-0.2, -0.15) is 4.98 Å². The molecule has 0 aliphatic carbocycles. The molecule has 0 radical (unpaired) electrons. The van der Waals surface area contributed by atoms with Crippen LogP contribution in [0.4, 0.5) is 10.2 Å². The highest BCUT2D eigenvalue weighted by Gasteiger charge is 2.32. The van der Waals surface area contributed by atoms with Gasteiger partial charge in [0.1, 0.15) is 11.6 Å². The van der Waals surface area contributed by atoms with Gasteiger partial charge < -0.3 is 9.80 Å². The Morgan fingerprint density at radius 3 is 2.84 bits per heavy atom. The largest absolute Gasteiger partial charge is 0.350 e. The Kier molecular flexibility index (Phi) is 4.21. The number of likely N-dealkylation sites (N-methyl/N-ethyl adjacent to an activating group) is 1. The molecule has 4 rings (SSSR count). The Morgan fingerprint density at radius 1 is 1.32 bits per heavy atom. The SMILES string of the molecule is Cc1c(F)c2c3c(nc(=O)n(C)c3c1Cl)N1CCN(C)CC1CCS2. The summed E-state index contributed by atoms with van der Waals surface area (Å²) in [6.45, 7) is 4.24. The van der Waals surface area contributed by atoms with E-state index < -0.39 is 0 Å². The van der Waals surface area contributed by atoms with Gasteiger partial charge in [0.2, 0.25) is 0 Å². The van der Waals surface area contributed by atoms with Crippen molar-refractivity contribution in [1.29, 1.82) is 0 Å². The number of benzene rings is 1. The number of aromatic nitrogens is 2. The molecule has 1 atom stereocenters. The fourth-order valence-electron chi connectivity index (χ4n) is 3.79. The summed E-state index contributed by atoms with van der Waals surface area (Å²) in [6, 6.07) is 0.269. The summed E-state index contributed by atoms with van der Waals surface area (Å²) in [5, 5.41) is 0.973. The summed E-state index contributed by atoms with van der Waals surface area (Å²) in [6.07, 6.45) is 0.925. The number of rotatable bonds is 0. The number of halogens is 2. The van der Waals surface area contributed by atoms with Crippen LogP contribution in [-0.2, 0) is 7.05 Å². The van der Waals surface area contributed by atoms with Crippen molar-refractivity contribution in [2.24, 2.45) is 7.05 Å². The highest BCUT2D eigenvalue weighted by atomic mass is 35.5. The van der Waals surface area contributed by atoms with Gasteiger partial charge in [-0.15, -0.1) is 11.8 Å². The van der Waals surface area contributed by atoms with Crippen LogP contribution < -0.4 is 10.6 Å². The van der Waals surface area contributed by atoms with Crippen LogP contribution in [0.15, 0.2) is 9.69 Å². The lowest BCUT2D eigenvalue weighted by Gasteiger charge is -2.42. The van der Waals surface area contributed by atoms with Crippen LogP contribution in [0.1, 0.15) is 12.0 Å². The van der Waals surface area contributed by atoms with E-state index in [-0.39, 0.29) is 17.5 Å². The third kappa shape index (κ3) is 2.55. The van der Waals surface area contributed by atoms with E-state index in [0.717, 1.165) is 31.8 Å². The van der Waals surface area contributed by atoms with Crippen molar-refractivity contribution in [2.75, 3.05) is 37.3 Å². The minimum absolute atomic E-state index is 0.269. The Labute approximate surface area is 154 Å². The van der Waals surface area contributed by atoms with Crippen LogP contribution in [0.3, 0.4) is 0 Å². The second kappa shape index (κ2) is 6.14. The summed E-state index contributed by atoms with van der Waals surface area (Å²) >= 11 is 7.96. The highest BCUT2D eigenvalue weighted by molar-refractivity contribution is 7.99. The molecule has 0 bridgehead atoms. The lowest BCUT2D eigenvalue weighted by atomic mass is 10.1. The van der Waals surface area contributed by atoms with Crippen molar-refractivity contribution >= 4 is 40.1 Å². The molecule has 2 aliphatic rings. The molecule has 0 N–H and O–H groups in total. The van der Waals surface area contributed by atoms with Gasteiger partial charge in [0.15, 0.2) is 0 Å². The van der Waals surface area contributed by atoms with Crippen molar-refractivity contribution in [3.8, 4) is 0 Å². The van der Waals surface area contributed by atoms with E-state index in [1.165, 1.54) is 16.3 Å². The van der Waals surface area contributed by atoms with Gasteiger partial charge in [-0.1, -0.05) is 11.6 Å². The van der Waals surface area contributed by atoms with Gasteiger partial charge in [-0.05, 0) is 20.4 Å². The maximum absolute atomic E-state index is 15.0. The summed E-state index contributed by atoms with van der Waals surface area (Å²) in [5.74, 6) is 1.11. The first kappa shape index (κ1) is 17.1. The minimum Gasteiger partial charge on any atom is -0.350 e. The Balaban J connectivity index is 2.10. The summed E-state index contributed by atoms with van der Waals surface area (Å²) in [5.41, 5.74) is 0.613. The summed E-state index contributed by atoms with van der Waals surface area (Å²) < 4.78 is 16.4. The van der Waals surface area contributed by atoms with Crippen LogP contribution in [0, 0.1) is 12.7 Å². The number of aryl methyl sites for hydroxylation is 1. The number of fused-ring (bicyclic) bond motifs is 2. The first-order valence-corrected chi connectivity index (χ1v) is 9.72. The zero-order chi connectivity index (χ0) is 17.9. The van der Waals surface area contributed by atoms with E-state index in [0.29, 0.717) is 32.2 Å². The molecule has 3 heterocycles. The third-order valence-corrected chi connectivity index (χ3v) is 6.81. The highest BCUT2D eigenvalue weighted by Crippen LogP contribution is 2.43. The van der Waals surface area contributed by atoms with Crippen LogP contribution in [0.5, 0.6) is 0 Å². The van der Waals surface area contributed by atoms with E-state index in [1.807, 2.05) is 0 Å². The normalized spacial score (nSPS) is 21.2. The standard InChI is InChI=1S/C17H20ClFN4OS/c1-9-12(18)14-11-15(13(9)19)25-7-4-10-8-21(2)5-6-23(10)16(11)20-17(24)22(14)3/h10H,4-8H2,1-3H3. The van der Waals surface area contributed by atoms with Gasteiger partial charge >= 0.3 is 5.69 Å².